The van der Waals surface area contributed by atoms with Gasteiger partial charge in [-0.15, -0.1) is 10.2 Å². The van der Waals surface area contributed by atoms with Crippen LogP contribution in [0.5, 0.6) is 11.8 Å². The third kappa shape index (κ3) is 10.2. The molecule has 0 fully saturated rings. The third-order valence-electron chi connectivity index (χ3n) is 9.82. The number of nitriles is 2. The van der Waals surface area contributed by atoms with Crippen molar-refractivity contribution in [3.8, 4) is 23.9 Å². The van der Waals surface area contributed by atoms with Crippen molar-refractivity contribution < 1.29 is 29.4 Å². The van der Waals surface area contributed by atoms with E-state index >= 15 is 0 Å². The number of amides is 4. The average molecular weight is 860 g/mol. The number of nitrogen functional groups attached to an aromatic ring is 1. The van der Waals surface area contributed by atoms with Crippen LogP contribution in [0.2, 0.25) is 0 Å². The van der Waals surface area contributed by atoms with Crippen molar-refractivity contribution >= 4 is 40.7 Å². The minimum Gasteiger partial charge on any atom is -0.493 e. The van der Waals surface area contributed by atoms with Crippen LogP contribution in [-0.4, -0.2) is 65.9 Å². The van der Waals surface area contributed by atoms with Crippen molar-refractivity contribution in [1.29, 1.82) is 10.5 Å². The lowest BCUT2D eigenvalue weighted by molar-refractivity contribution is 0.0621. The zero-order valence-corrected chi connectivity index (χ0v) is 37.2. The van der Waals surface area contributed by atoms with Crippen LogP contribution < -0.4 is 16.9 Å². The highest BCUT2D eigenvalue weighted by atomic mass is 16.3. The number of benzene rings is 2. The fourth-order valence-electron chi connectivity index (χ4n) is 6.95. The molecule has 2 aromatic heterocycles. The number of anilines is 1. The summed E-state index contributed by atoms with van der Waals surface area (Å²) >= 11 is 0. The van der Waals surface area contributed by atoms with E-state index in [1.54, 1.807) is 43.3 Å². The van der Waals surface area contributed by atoms with Crippen LogP contribution in [0.25, 0.3) is 0 Å². The molecular formula is C46H53N9O8. The lowest BCUT2D eigenvalue weighted by Crippen LogP contribution is -2.33. The maximum Gasteiger partial charge on any atom is 0.281 e. The summed E-state index contributed by atoms with van der Waals surface area (Å²) in [4.78, 5) is 76.5. The van der Waals surface area contributed by atoms with Gasteiger partial charge in [-0.3, -0.25) is 47.7 Å². The molecule has 4 aromatic rings. The Morgan fingerprint density at radius 1 is 0.619 bits per heavy atom. The van der Waals surface area contributed by atoms with Crippen molar-refractivity contribution in [2.45, 2.75) is 82.3 Å². The second kappa shape index (κ2) is 20.0. The van der Waals surface area contributed by atoms with Crippen molar-refractivity contribution in [2.24, 2.45) is 33.9 Å². The molecule has 0 radical (unpaired) electrons. The number of imide groups is 2. The molecule has 4 N–H and O–H groups in total. The lowest BCUT2D eigenvalue weighted by Gasteiger charge is -2.15. The molecule has 0 bridgehead atoms. The zero-order chi connectivity index (χ0) is 47.2. The predicted octanol–water partition coefficient (Wildman–Crippen LogP) is 6.97. The summed E-state index contributed by atoms with van der Waals surface area (Å²) < 4.78 is 2.33. The van der Waals surface area contributed by atoms with Crippen LogP contribution in [0, 0.1) is 60.2 Å². The maximum atomic E-state index is 13.0. The van der Waals surface area contributed by atoms with E-state index in [9.17, 15) is 44.2 Å². The van der Waals surface area contributed by atoms with Gasteiger partial charge in [0.25, 0.3) is 34.7 Å². The molecule has 17 heteroatoms. The summed E-state index contributed by atoms with van der Waals surface area (Å²) in [6.07, 6.45) is 0. The first-order valence-corrected chi connectivity index (χ1v) is 20.4. The number of hydrogen-bond donors (Lipinski definition) is 3. The Bertz CT molecular complexity index is 2710. The molecule has 330 valence electrons. The average Bonchev–Trinajstić information content (AvgIpc) is 3.59. The Morgan fingerprint density at radius 3 is 1.57 bits per heavy atom. The number of carbonyl (C=O) groups is 4. The number of hydrogen-bond acceptors (Lipinski definition) is 13. The van der Waals surface area contributed by atoms with Crippen molar-refractivity contribution in [3.63, 3.8) is 0 Å². The maximum absolute atomic E-state index is 13.0. The second-order valence-electron chi connectivity index (χ2n) is 17.0. The Morgan fingerprint density at radius 2 is 1.08 bits per heavy atom. The van der Waals surface area contributed by atoms with Gasteiger partial charge >= 0.3 is 0 Å². The van der Waals surface area contributed by atoms with Gasteiger partial charge in [0.05, 0.1) is 27.9 Å². The molecule has 4 heterocycles. The van der Waals surface area contributed by atoms with Crippen LogP contribution in [0.3, 0.4) is 0 Å². The van der Waals surface area contributed by atoms with Crippen LogP contribution in [0.4, 0.5) is 17.1 Å². The zero-order valence-electron chi connectivity index (χ0n) is 37.2. The summed E-state index contributed by atoms with van der Waals surface area (Å²) in [6.45, 7) is 19.9. The molecule has 4 amide bonds. The van der Waals surface area contributed by atoms with Gasteiger partial charge in [-0.2, -0.15) is 10.5 Å². The van der Waals surface area contributed by atoms with E-state index in [4.69, 9.17) is 11.0 Å². The number of aromatic hydroxyl groups is 2. The Balaban J connectivity index is 0.000000234. The first kappa shape index (κ1) is 48.3. The minimum atomic E-state index is -0.590. The number of aromatic nitrogens is 2. The molecular weight excluding hydrogens is 807 g/mol. The molecule has 0 unspecified atom stereocenters. The molecule has 2 aliphatic rings. The summed E-state index contributed by atoms with van der Waals surface area (Å²) in [6, 6.07) is 14.9. The second-order valence-corrected chi connectivity index (χ2v) is 17.0. The van der Waals surface area contributed by atoms with Gasteiger partial charge in [-0.1, -0.05) is 67.5 Å². The van der Waals surface area contributed by atoms with Crippen LogP contribution in [-0.2, 0) is 13.1 Å². The normalized spacial score (nSPS) is 13.1. The van der Waals surface area contributed by atoms with E-state index in [1.807, 2.05) is 67.5 Å². The molecule has 2 aliphatic heterocycles. The highest BCUT2D eigenvalue weighted by molar-refractivity contribution is 6.24. The highest BCUT2D eigenvalue weighted by Crippen LogP contribution is 2.34. The first-order valence-electron chi connectivity index (χ1n) is 20.4. The van der Waals surface area contributed by atoms with Crippen molar-refractivity contribution in [1.82, 2.24) is 18.9 Å². The van der Waals surface area contributed by atoms with E-state index in [0.717, 1.165) is 4.57 Å². The van der Waals surface area contributed by atoms with Crippen LogP contribution in [0.15, 0.2) is 62.3 Å². The van der Waals surface area contributed by atoms with Gasteiger partial charge in [-0.05, 0) is 67.3 Å². The Kier molecular flexibility index (Phi) is 15.3. The summed E-state index contributed by atoms with van der Waals surface area (Å²) in [7, 11) is 0. The minimum absolute atomic E-state index is 0.0330. The monoisotopic (exact) mass is 859 g/mol. The highest BCUT2D eigenvalue weighted by Gasteiger charge is 2.38. The molecule has 0 saturated carbocycles. The first-order chi connectivity index (χ1) is 29.6. The molecule has 17 nitrogen and oxygen atoms in total. The standard InChI is InChI=1S/C23H25N5O4.C12H14N2O2.C11H14N2O2/c1-12(2)10-27-20(29)15-7-6-8-17(18(15)22(27)31)25-26-19-14(5)16(9-24)21(30)28(23(19)32)11-13(3)4;1-7(2)6-14-11(15)8-4-3-5-9(13)10(8)12(14)16;1-7(2)6-13-10(14)4-8(3)9(5-12)11(13)15/h6-8,12-13,30H,10-11H2,1-5H3;3-5,7H,6,13H2,1-2H3;4,7,15H,6H2,1-3H3. The van der Waals surface area contributed by atoms with Gasteiger partial charge in [0.15, 0.2) is 5.69 Å². The van der Waals surface area contributed by atoms with Gasteiger partial charge in [0.2, 0.25) is 11.8 Å². The molecule has 0 spiro atoms. The summed E-state index contributed by atoms with van der Waals surface area (Å²) in [5.74, 6) is -1.35. The fourth-order valence-corrected chi connectivity index (χ4v) is 6.95. The smallest absolute Gasteiger partial charge is 0.281 e. The lowest BCUT2D eigenvalue weighted by atomic mass is 10.1. The number of pyridine rings is 2. The molecule has 0 atom stereocenters. The van der Waals surface area contributed by atoms with E-state index in [2.05, 4.69) is 10.2 Å². The Labute approximate surface area is 365 Å². The number of aryl methyl sites for hydroxylation is 1. The summed E-state index contributed by atoms with van der Waals surface area (Å²) in [5, 5.41) is 46.6. The van der Waals surface area contributed by atoms with Crippen molar-refractivity contribution in [3.05, 3.63) is 108 Å². The number of carbonyl (C=O) groups excluding carboxylic acids is 4. The largest absolute Gasteiger partial charge is 0.493 e. The van der Waals surface area contributed by atoms with Crippen LogP contribution in [0.1, 0.15) is 119 Å². The van der Waals surface area contributed by atoms with Crippen molar-refractivity contribution in [2.75, 3.05) is 18.8 Å². The molecule has 63 heavy (non-hydrogen) atoms. The van der Waals surface area contributed by atoms with E-state index in [-0.39, 0.29) is 105 Å². The number of fused-ring (bicyclic) bond motifs is 2. The Hall–Kier alpha value is -7.40. The number of nitrogens with zero attached hydrogens (tertiary/aromatic N) is 8. The quantitative estimate of drug-likeness (QED) is 0.0833. The summed E-state index contributed by atoms with van der Waals surface area (Å²) in [5.41, 5.74) is 7.27. The van der Waals surface area contributed by atoms with E-state index in [0.29, 0.717) is 35.5 Å². The van der Waals surface area contributed by atoms with Gasteiger partial charge in [0, 0.05) is 43.5 Å². The van der Waals surface area contributed by atoms with Gasteiger partial charge in [-0.25, -0.2) is 0 Å². The molecule has 0 aliphatic carbocycles. The number of azo groups is 1. The van der Waals surface area contributed by atoms with Crippen LogP contribution >= 0.6 is 0 Å². The molecule has 6 rings (SSSR count). The SMILES string of the molecule is CC(C)CN1C(=O)c2cccc(N)c2C1=O.Cc1c(C#N)c(O)n(CC(C)C)c(=O)c1N=Nc1cccc2c1C(=O)N(CC(C)C)C2=O.Cc1cc(=O)n(CC(C)C)c(O)c1C#N. The fraction of sp³-hybridized carbons (Fsp3) is 0.391. The third-order valence-corrected chi connectivity index (χ3v) is 9.82. The van der Waals surface area contributed by atoms with E-state index < -0.39 is 17.3 Å². The number of nitrogens with two attached hydrogens (primary N) is 1. The number of rotatable bonds is 10. The molecule has 2 aromatic carbocycles. The predicted molar refractivity (Wildman–Crippen MR) is 235 cm³/mol. The van der Waals surface area contributed by atoms with E-state index in [1.165, 1.54) is 27.4 Å². The topological polar surface area (TPSA) is 258 Å². The molecule has 0 saturated heterocycles. The van der Waals surface area contributed by atoms with Gasteiger partial charge in [0.1, 0.15) is 23.3 Å². The van der Waals surface area contributed by atoms with Gasteiger partial charge < -0.3 is 15.9 Å².